The Bertz CT molecular complexity index is 691. The third-order valence-corrected chi connectivity index (χ3v) is 9.80. The number of carbonyl (C=O) groups excluding carboxylic acids is 4. The third kappa shape index (κ3) is 20.6. The van der Waals surface area contributed by atoms with Crippen LogP contribution in [0.3, 0.4) is 0 Å². The molecule has 8 nitrogen and oxygen atoms in total. The molecule has 0 aromatic carbocycles. The summed E-state index contributed by atoms with van der Waals surface area (Å²) in [6, 6.07) is -1.80. The average molecular weight is 633 g/mol. The van der Waals surface area contributed by atoms with E-state index >= 15 is 0 Å². The van der Waals surface area contributed by atoms with Crippen molar-refractivity contribution in [3.05, 3.63) is 0 Å². The van der Waals surface area contributed by atoms with E-state index in [-0.39, 0.29) is 36.2 Å². The Labute approximate surface area is 264 Å². The van der Waals surface area contributed by atoms with E-state index in [0.717, 1.165) is 43.4 Å². The molecule has 0 aromatic heterocycles. The average Bonchev–Trinajstić information content (AvgIpc) is 2.99. The number of unbranched alkanes of at least 4 members (excludes halogenated alkanes) is 16. The first-order valence-corrected chi connectivity index (χ1v) is 18.8. The summed E-state index contributed by atoms with van der Waals surface area (Å²) in [5.74, 6) is -1.30. The van der Waals surface area contributed by atoms with Crippen molar-refractivity contribution in [2.45, 2.75) is 154 Å². The number of methoxy groups -OCH3 is 2. The fourth-order valence-electron chi connectivity index (χ4n) is 4.74. The maximum absolute atomic E-state index is 13.4. The molecule has 2 atom stereocenters. The summed E-state index contributed by atoms with van der Waals surface area (Å²) < 4.78 is 9.67. The van der Waals surface area contributed by atoms with Crippen molar-refractivity contribution in [2.24, 2.45) is 5.73 Å². The van der Waals surface area contributed by atoms with Crippen molar-refractivity contribution in [1.82, 2.24) is 4.90 Å². The highest BCUT2D eigenvalue weighted by atomic mass is 33.1. The predicted octanol–water partition coefficient (Wildman–Crippen LogP) is 7.61. The van der Waals surface area contributed by atoms with E-state index in [1.807, 2.05) is 0 Å². The summed E-state index contributed by atoms with van der Waals surface area (Å²) in [6.45, 7) is 4.43. The Morgan fingerprint density at radius 3 is 1.31 bits per heavy atom. The zero-order chi connectivity index (χ0) is 31.4. The van der Waals surface area contributed by atoms with Gasteiger partial charge in [-0.05, 0) is 12.8 Å². The van der Waals surface area contributed by atoms with Crippen molar-refractivity contribution >= 4 is 45.3 Å². The molecule has 0 saturated carbocycles. The molecule has 0 rings (SSSR count). The lowest BCUT2D eigenvalue weighted by molar-refractivity contribution is -0.158. The minimum absolute atomic E-state index is 0.165. The van der Waals surface area contributed by atoms with Gasteiger partial charge in [-0.2, -0.15) is 0 Å². The molecule has 2 amide bonds. The maximum atomic E-state index is 13.4. The van der Waals surface area contributed by atoms with Gasteiger partial charge in [-0.25, -0.2) is 4.79 Å². The minimum Gasteiger partial charge on any atom is -0.468 e. The molecule has 0 bridgehead atoms. The Kier molecular flexibility index (Phi) is 27.7. The second-order valence-corrected chi connectivity index (χ2v) is 13.6. The first-order valence-electron chi connectivity index (χ1n) is 16.3. The molecule has 0 aliphatic carbocycles. The fraction of sp³-hybridized carbons (Fsp3) is 0.875. The molecule has 0 spiro atoms. The van der Waals surface area contributed by atoms with Gasteiger partial charge in [0.05, 0.1) is 14.2 Å². The standard InChI is InChI=1S/C32H60N2O6S2/c1-5-7-9-11-13-15-17-19-21-23-29(35)34(30(36)24-22-20-18-16-14-12-10-8-6-2)28(32(38)40-4)26-42-41-25-27(33)31(37)39-3/h27-28H,5-26,33H2,1-4H3/t27?,28-/m0/s1. The van der Waals surface area contributed by atoms with Crippen LogP contribution in [0.1, 0.15) is 142 Å². The Hall–Kier alpha value is -1.26. The molecule has 2 N–H and O–H groups in total. The largest absolute Gasteiger partial charge is 0.468 e. The number of nitrogens with zero attached hydrogens (tertiary/aromatic N) is 1. The number of nitrogens with two attached hydrogens (primary N) is 1. The van der Waals surface area contributed by atoms with E-state index < -0.39 is 24.0 Å². The number of rotatable bonds is 28. The van der Waals surface area contributed by atoms with Crippen LogP contribution in [0, 0.1) is 0 Å². The van der Waals surface area contributed by atoms with Crippen LogP contribution >= 0.6 is 21.6 Å². The molecule has 0 aliphatic rings. The van der Waals surface area contributed by atoms with Crippen LogP contribution in [-0.2, 0) is 28.7 Å². The van der Waals surface area contributed by atoms with E-state index in [2.05, 4.69) is 18.6 Å². The Morgan fingerprint density at radius 1 is 0.571 bits per heavy atom. The summed E-state index contributed by atoms with van der Waals surface area (Å²) in [4.78, 5) is 52.3. The minimum atomic E-state index is -1.01. The lowest BCUT2D eigenvalue weighted by atomic mass is 10.0. The molecule has 1 unspecified atom stereocenters. The lowest BCUT2D eigenvalue weighted by Crippen LogP contribution is -2.50. The summed E-state index contributed by atoms with van der Waals surface area (Å²) >= 11 is 0. The molecule has 0 fully saturated rings. The summed E-state index contributed by atoms with van der Waals surface area (Å²) in [5.41, 5.74) is 5.81. The summed E-state index contributed by atoms with van der Waals surface area (Å²) in [6.07, 6.45) is 20.7. The normalized spacial score (nSPS) is 12.5. The van der Waals surface area contributed by atoms with E-state index in [1.165, 1.54) is 100 Å². The SMILES string of the molecule is CCCCCCCCCCCC(=O)N(C(=O)CCCCCCCCCCC)[C@@H](CSSCC(N)C(=O)OC)C(=O)OC. The number of hydrogen-bond donors (Lipinski definition) is 1. The number of carbonyl (C=O) groups is 4. The van der Waals surface area contributed by atoms with Crippen molar-refractivity contribution in [2.75, 3.05) is 25.7 Å². The van der Waals surface area contributed by atoms with Gasteiger partial charge in [-0.1, -0.05) is 138 Å². The van der Waals surface area contributed by atoms with E-state index in [1.54, 1.807) is 0 Å². The number of amides is 2. The van der Waals surface area contributed by atoms with E-state index in [4.69, 9.17) is 10.5 Å². The van der Waals surface area contributed by atoms with Crippen molar-refractivity contribution in [3.63, 3.8) is 0 Å². The van der Waals surface area contributed by atoms with Gasteiger partial charge >= 0.3 is 11.9 Å². The van der Waals surface area contributed by atoms with Crippen LogP contribution in [0.4, 0.5) is 0 Å². The summed E-state index contributed by atoms with van der Waals surface area (Å²) in [7, 11) is 5.15. The number of imide groups is 1. The van der Waals surface area contributed by atoms with Gasteiger partial charge in [-0.3, -0.25) is 19.3 Å². The van der Waals surface area contributed by atoms with Gasteiger partial charge in [-0.15, -0.1) is 0 Å². The highest BCUT2D eigenvalue weighted by molar-refractivity contribution is 8.76. The van der Waals surface area contributed by atoms with Gasteiger partial charge in [0, 0.05) is 24.3 Å². The van der Waals surface area contributed by atoms with Gasteiger partial charge in [0.2, 0.25) is 11.8 Å². The highest BCUT2D eigenvalue weighted by Crippen LogP contribution is 2.26. The molecule has 246 valence electrons. The number of hydrogen-bond acceptors (Lipinski definition) is 9. The van der Waals surface area contributed by atoms with Crippen LogP contribution in [-0.4, -0.2) is 66.5 Å². The van der Waals surface area contributed by atoms with E-state index in [0.29, 0.717) is 12.8 Å². The Balaban J connectivity index is 5.04. The molecule has 10 heteroatoms. The van der Waals surface area contributed by atoms with E-state index in [9.17, 15) is 19.2 Å². The van der Waals surface area contributed by atoms with Gasteiger partial charge in [0.25, 0.3) is 0 Å². The lowest BCUT2D eigenvalue weighted by Gasteiger charge is -2.28. The van der Waals surface area contributed by atoms with Crippen LogP contribution < -0.4 is 5.73 Å². The van der Waals surface area contributed by atoms with Crippen molar-refractivity contribution < 1.29 is 28.7 Å². The van der Waals surface area contributed by atoms with Gasteiger partial charge in [0.15, 0.2) is 0 Å². The Morgan fingerprint density at radius 2 is 0.929 bits per heavy atom. The predicted molar refractivity (Wildman–Crippen MR) is 176 cm³/mol. The molecule has 0 heterocycles. The zero-order valence-electron chi connectivity index (χ0n) is 27.0. The third-order valence-electron chi connectivity index (χ3n) is 7.37. The smallest absolute Gasteiger partial charge is 0.329 e. The summed E-state index contributed by atoms with van der Waals surface area (Å²) in [5, 5.41) is 0. The van der Waals surface area contributed by atoms with Crippen molar-refractivity contribution in [3.8, 4) is 0 Å². The van der Waals surface area contributed by atoms with Gasteiger partial charge in [0.1, 0.15) is 12.1 Å². The first kappa shape index (κ1) is 40.7. The topological polar surface area (TPSA) is 116 Å². The second kappa shape index (κ2) is 28.5. The molecular formula is C32H60N2O6S2. The first-order chi connectivity index (χ1) is 20.3. The van der Waals surface area contributed by atoms with Crippen LogP contribution in [0.15, 0.2) is 0 Å². The van der Waals surface area contributed by atoms with Crippen LogP contribution in [0.25, 0.3) is 0 Å². The molecule has 0 saturated heterocycles. The molecule has 0 aromatic rings. The van der Waals surface area contributed by atoms with Crippen LogP contribution in [0.5, 0.6) is 0 Å². The monoisotopic (exact) mass is 632 g/mol. The molecule has 0 radical (unpaired) electrons. The number of esters is 2. The highest BCUT2D eigenvalue weighted by Gasteiger charge is 2.35. The van der Waals surface area contributed by atoms with Gasteiger partial charge < -0.3 is 15.2 Å². The van der Waals surface area contributed by atoms with Crippen molar-refractivity contribution in [1.29, 1.82) is 0 Å². The molecular weight excluding hydrogens is 572 g/mol. The second-order valence-electron chi connectivity index (χ2n) is 11.1. The maximum Gasteiger partial charge on any atom is 0.329 e. The zero-order valence-corrected chi connectivity index (χ0v) is 28.6. The number of ether oxygens (including phenoxy) is 2. The molecule has 42 heavy (non-hydrogen) atoms. The molecule has 0 aliphatic heterocycles. The van der Waals surface area contributed by atoms with Crippen LogP contribution in [0.2, 0.25) is 0 Å². The fourth-order valence-corrected chi connectivity index (χ4v) is 7.03. The quantitative estimate of drug-likeness (QED) is 0.0528.